The van der Waals surface area contributed by atoms with Crippen LogP contribution in [0.4, 0.5) is 5.69 Å². The summed E-state index contributed by atoms with van der Waals surface area (Å²) in [6.07, 6.45) is 0. The third-order valence-corrected chi connectivity index (χ3v) is 3.35. The molecule has 0 fully saturated rings. The van der Waals surface area contributed by atoms with E-state index in [-0.39, 0.29) is 6.61 Å². The third kappa shape index (κ3) is 3.60. The summed E-state index contributed by atoms with van der Waals surface area (Å²) in [7, 11) is 0. The highest BCUT2D eigenvalue weighted by molar-refractivity contribution is 7.98. The zero-order valence-corrected chi connectivity index (χ0v) is 9.26. The summed E-state index contributed by atoms with van der Waals surface area (Å²) in [4.78, 5) is 0. The van der Waals surface area contributed by atoms with Crippen LogP contribution in [0.25, 0.3) is 0 Å². The molecule has 3 N–H and O–H groups in total. The number of nitrogens with two attached hydrogens (primary N) is 1. The topological polar surface area (TPSA) is 46.2 Å². The molecule has 0 aliphatic rings. The lowest BCUT2D eigenvalue weighted by Gasteiger charge is -2.08. The fourth-order valence-corrected chi connectivity index (χ4v) is 2.20. The highest BCUT2D eigenvalue weighted by Crippen LogP contribution is 2.19. The summed E-state index contributed by atoms with van der Waals surface area (Å²) in [5.74, 6) is 2.27. The summed E-state index contributed by atoms with van der Waals surface area (Å²) < 4.78 is 0. The van der Waals surface area contributed by atoms with E-state index in [2.05, 4.69) is 0 Å². The van der Waals surface area contributed by atoms with Crippen molar-refractivity contribution in [3.63, 3.8) is 0 Å². The lowest BCUT2D eigenvalue weighted by molar-refractivity contribution is 0.250. The van der Waals surface area contributed by atoms with Gasteiger partial charge >= 0.3 is 0 Å². The minimum Gasteiger partial charge on any atom is -0.398 e. The van der Waals surface area contributed by atoms with Gasteiger partial charge in [0.25, 0.3) is 0 Å². The van der Waals surface area contributed by atoms with Crippen LogP contribution in [-0.4, -0.2) is 17.5 Å². The van der Waals surface area contributed by atoms with E-state index in [1.165, 1.54) is 5.56 Å². The van der Waals surface area contributed by atoms with Gasteiger partial charge in [-0.15, -0.1) is 0 Å². The maximum absolute atomic E-state index is 8.85. The molecule has 2 nitrogen and oxygen atoms in total. The molecule has 1 rings (SSSR count). The van der Waals surface area contributed by atoms with Gasteiger partial charge < -0.3 is 10.8 Å². The van der Waals surface area contributed by atoms with Crippen LogP contribution in [-0.2, 0) is 5.75 Å². The Morgan fingerprint density at radius 3 is 2.79 bits per heavy atom. The van der Waals surface area contributed by atoms with E-state index in [4.69, 9.17) is 10.8 Å². The highest BCUT2D eigenvalue weighted by atomic mass is 32.2. The maximum Gasteiger partial charge on any atom is 0.0464 e. The predicted octanol–water partition coefficient (Wildman–Crippen LogP) is 2.13. The molecule has 0 heterocycles. The van der Waals surface area contributed by atoms with Crippen LogP contribution in [0.15, 0.2) is 24.3 Å². The van der Waals surface area contributed by atoms with Crippen LogP contribution in [0.5, 0.6) is 0 Å². The Bertz CT molecular complexity index is 278. The Morgan fingerprint density at radius 2 is 2.14 bits per heavy atom. The van der Waals surface area contributed by atoms with Crippen molar-refractivity contribution in [3.05, 3.63) is 29.8 Å². The minimum atomic E-state index is 0.261. The molecular formula is C11H17NOS. The molecule has 1 unspecified atom stereocenters. The Morgan fingerprint density at radius 1 is 1.43 bits per heavy atom. The number of benzene rings is 1. The molecule has 0 saturated carbocycles. The zero-order chi connectivity index (χ0) is 10.4. The quantitative estimate of drug-likeness (QED) is 0.733. The Balaban J connectivity index is 2.35. The molecule has 1 atom stereocenters. The van der Waals surface area contributed by atoms with Gasteiger partial charge in [-0.1, -0.05) is 25.1 Å². The van der Waals surface area contributed by atoms with Crippen molar-refractivity contribution in [1.29, 1.82) is 0 Å². The van der Waals surface area contributed by atoms with E-state index < -0.39 is 0 Å². The van der Waals surface area contributed by atoms with Crippen LogP contribution in [0.2, 0.25) is 0 Å². The van der Waals surface area contributed by atoms with Gasteiger partial charge in [-0.05, 0) is 23.3 Å². The second-order valence-electron chi connectivity index (χ2n) is 3.50. The van der Waals surface area contributed by atoms with E-state index in [1.807, 2.05) is 43.0 Å². The average molecular weight is 211 g/mol. The summed E-state index contributed by atoms with van der Waals surface area (Å²) in [6.45, 7) is 2.30. The van der Waals surface area contributed by atoms with Gasteiger partial charge in [-0.25, -0.2) is 0 Å². The SMILES string of the molecule is CC(CO)CSCc1ccccc1N. The van der Waals surface area contributed by atoms with Crippen molar-refractivity contribution < 1.29 is 5.11 Å². The predicted molar refractivity (Wildman–Crippen MR) is 63.3 cm³/mol. The number of aliphatic hydroxyl groups is 1. The third-order valence-electron chi connectivity index (χ3n) is 2.03. The maximum atomic E-state index is 8.85. The highest BCUT2D eigenvalue weighted by Gasteiger charge is 2.01. The van der Waals surface area contributed by atoms with Gasteiger partial charge in [-0.2, -0.15) is 11.8 Å². The van der Waals surface area contributed by atoms with Gasteiger partial charge in [0.15, 0.2) is 0 Å². The molecule has 0 saturated heterocycles. The van der Waals surface area contributed by atoms with Gasteiger partial charge in [-0.3, -0.25) is 0 Å². The smallest absolute Gasteiger partial charge is 0.0464 e. The number of para-hydroxylation sites is 1. The first-order valence-electron chi connectivity index (χ1n) is 4.76. The largest absolute Gasteiger partial charge is 0.398 e. The summed E-state index contributed by atoms with van der Waals surface area (Å²) >= 11 is 1.81. The molecule has 1 aromatic rings. The molecule has 0 bridgehead atoms. The molecule has 0 spiro atoms. The van der Waals surface area contributed by atoms with E-state index in [1.54, 1.807) is 0 Å². The average Bonchev–Trinajstić information content (AvgIpc) is 2.20. The second kappa shape index (κ2) is 5.94. The van der Waals surface area contributed by atoms with Gasteiger partial charge in [0.1, 0.15) is 0 Å². The number of aliphatic hydroxyl groups excluding tert-OH is 1. The summed E-state index contributed by atoms with van der Waals surface area (Å²) in [5.41, 5.74) is 7.85. The van der Waals surface area contributed by atoms with Crippen molar-refractivity contribution in [3.8, 4) is 0 Å². The van der Waals surface area contributed by atoms with Crippen molar-refractivity contribution in [2.75, 3.05) is 18.1 Å². The molecular weight excluding hydrogens is 194 g/mol. The summed E-state index contributed by atoms with van der Waals surface area (Å²) in [5, 5.41) is 8.85. The first kappa shape index (κ1) is 11.4. The minimum absolute atomic E-state index is 0.261. The molecule has 1 aromatic carbocycles. The number of hydrogen-bond acceptors (Lipinski definition) is 3. The molecule has 0 aromatic heterocycles. The molecule has 78 valence electrons. The molecule has 0 radical (unpaired) electrons. The number of anilines is 1. The van der Waals surface area contributed by atoms with Crippen LogP contribution < -0.4 is 5.73 Å². The summed E-state index contributed by atoms with van der Waals surface area (Å²) in [6, 6.07) is 7.92. The Kier molecular flexibility index (Phi) is 4.84. The lowest BCUT2D eigenvalue weighted by atomic mass is 10.2. The second-order valence-corrected chi connectivity index (χ2v) is 4.53. The first-order chi connectivity index (χ1) is 6.74. The van der Waals surface area contributed by atoms with Gasteiger partial charge in [0.05, 0.1) is 0 Å². The van der Waals surface area contributed by atoms with Crippen molar-refractivity contribution in [2.24, 2.45) is 5.92 Å². The van der Waals surface area contributed by atoms with E-state index >= 15 is 0 Å². The normalized spacial score (nSPS) is 12.7. The first-order valence-corrected chi connectivity index (χ1v) is 5.91. The standard InChI is InChI=1S/C11H17NOS/c1-9(6-13)7-14-8-10-4-2-3-5-11(10)12/h2-5,9,13H,6-8,12H2,1H3. The van der Waals surface area contributed by atoms with Gasteiger partial charge in [0.2, 0.25) is 0 Å². The molecule has 3 heteroatoms. The number of nitrogen functional groups attached to an aromatic ring is 1. The van der Waals surface area contributed by atoms with E-state index in [0.717, 1.165) is 17.2 Å². The molecule has 0 amide bonds. The monoisotopic (exact) mass is 211 g/mol. The molecule has 0 aliphatic heterocycles. The Hall–Kier alpha value is -0.670. The fraction of sp³-hybridized carbons (Fsp3) is 0.455. The number of hydrogen-bond donors (Lipinski definition) is 2. The van der Waals surface area contributed by atoms with Crippen molar-refractivity contribution in [2.45, 2.75) is 12.7 Å². The molecule has 14 heavy (non-hydrogen) atoms. The zero-order valence-electron chi connectivity index (χ0n) is 8.44. The Labute approximate surface area is 89.5 Å². The van der Waals surface area contributed by atoms with E-state index in [9.17, 15) is 0 Å². The van der Waals surface area contributed by atoms with Crippen LogP contribution in [0.3, 0.4) is 0 Å². The van der Waals surface area contributed by atoms with Crippen LogP contribution >= 0.6 is 11.8 Å². The van der Waals surface area contributed by atoms with Crippen LogP contribution in [0.1, 0.15) is 12.5 Å². The fourth-order valence-electron chi connectivity index (χ4n) is 1.09. The molecule has 0 aliphatic carbocycles. The van der Waals surface area contributed by atoms with Crippen molar-refractivity contribution >= 4 is 17.4 Å². The number of thioether (sulfide) groups is 1. The number of rotatable bonds is 5. The van der Waals surface area contributed by atoms with E-state index in [0.29, 0.717) is 5.92 Å². The van der Waals surface area contributed by atoms with Crippen LogP contribution in [0, 0.1) is 5.92 Å². The van der Waals surface area contributed by atoms with Crippen molar-refractivity contribution in [1.82, 2.24) is 0 Å². The van der Waals surface area contributed by atoms with Gasteiger partial charge in [0, 0.05) is 18.0 Å². The lowest BCUT2D eigenvalue weighted by Crippen LogP contribution is -2.03.